The van der Waals surface area contributed by atoms with Crippen LogP contribution in [0.2, 0.25) is 0 Å². The lowest BCUT2D eigenvalue weighted by atomic mass is 10.0. The number of benzene rings is 3. The fourth-order valence-electron chi connectivity index (χ4n) is 3.91. The van der Waals surface area contributed by atoms with Crippen LogP contribution >= 0.6 is 0 Å². The van der Waals surface area contributed by atoms with Crippen molar-refractivity contribution in [3.63, 3.8) is 0 Å². The number of aryl methyl sites for hydroxylation is 2. The standard InChI is InChI=1S/C26H23N3O5/c1-4-34-21-7-5-6-19(15-21)27-24-23(18-9-11-20(12-10-18)29(32)33)25(30)28(26(24)31)22-13-8-16(2)14-17(22)3/h5-15,27H,4H2,1-3H3. The Kier molecular flexibility index (Phi) is 6.14. The van der Waals surface area contributed by atoms with Gasteiger partial charge in [0, 0.05) is 23.9 Å². The third kappa shape index (κ3) is 4.25. The fraction of sp³-hybridized carbons (Fsp3) is 0.154. The van der Waals surface area contributed by atoms with E-state index in [4.69, 9.17) is 4.74 Å². The molecule has 0 fully saturated rings. The summed E-state index contributed by atoms with van der Waals surface area (Å²) in [5.41, 5.74) is 3.38. The van der Waals surface area contributed by atoms with Crippen molar-refractivity contribution >= 4 is 34.4 Å². The van der Waals surface area contributed by atoms with E-state index in [-0.39, 0.29) is 17.0 Å². The monoisotopic (exact) mass is 457 g/mol. The number of non-ortho nitro benzene ring substituents is 1. The predicted molar refractivity (Wildman–Crippen MR) is 130 cm³/mol. The molecular formula is C26H23N3O5. The van der Waals surface area contributed by atoms with Gasteiger partial charge in [-0.15, -0.1) is 0 Å². The molecule has 8 nitrogen and oxygen atoms in total. The van der Waals surface area contributed by atoms with E-state index in [0.29, 0.717) is 29.3 Å². The number of ether oxygens (including phenoxy) is 1. The average Bonchev–Trinajstić information content (AvgIpc) is 3.04. The van der Waals surface area contributed by atoms with Gasteiger partial charge in [-0.25, -0.2) is 4.90 Å². The second kappa shape index (κ2) is 9.19. The first kappa shape index (κ1) is 22.7. The molecule has 1 aliphatic rings. The third-order valence-corrected chi connectivity index (χ3v) is 5.46. The maximum Gasteiger partial charge on any atom is 0.282 e. The number of nitrogens with one attached hydrogen (secondary N) is 1. The Morgan fingerprint density at radius 2 is 1.71 bits per heavy atom. The molecule has 2 amide bonds. The maximum atomic E-state index is 13.6. The molecule has 172 valence electrons. The zero-order valence-corrected chi connectivity index (χ0v) is 19.0. The summed E-state index contributed by atoms with van der Waals surface area (Å²) < 4.78 is 5.54. The van der Waals surface area contributed by atoms with Crippen molar-refractivity contribution in [2.24, 2.45) is 0 Å². The Hall–Kier alpha value is -4.46. The first-order valence-electron chi connectivity index (χ1n) is 10.7. The Bertz CT molecular complexity index is 1330. The van der Waals surface area contributed by atoms with Gasteiger partial charge in [-0.05, 0) is 62.2 Å². The van der Waals surface area contributed by atoms with Crippen molar-refractivity contribution < 1.29 is 19.2 Å². The second-order valence-electron chi connectivity index (χ2n) is 7.88. The number of nitrogens with zero attached hydrogens (tertiary/aromatic N) is 2. The van der Waals surface area contributed by atoms with Crippen LogP contribution in [0.3, 0.4) is 0 Å². The largest absolute Gasteiger partial charge is 0.494 e. The molecule has 3 aromatic rings. The SMILES string of the molecule is CCOc1cccc(NC2=C(c3ccc([N+](=O)[O-])cc3)C(=O)N(c3ccc(C)cc3C)C2=O)c1. The van der Waals surface area contributed by atoms with Gasteiger partial charge in [-0.1, -0.05) is 23.8 Å². The summed E-state index contributed by atoms with van der Waals surface area (Å²) in [6.07, 6.45) is 0. The molecule has 0 radical (unpaired) electrons. The van der Waals surface area contributed by atoms with Crippen LogP contribution in [0, 0.1) is 24.0 Å². The molecule has 0 bridgehead atoms. The van der Waals surface area contributed by atoms with Gasteiger partial charge in [-0.2, -0.15) is 0 Å². The summed E-state index contributed by atoms with van der Waals surface area (Å²) in [5, 5.41) is 14.2. The number of carbonyl (C=O) groups excluding carboxylic acids is 2. The Morgan fingerprint density at radius 1 is 0.971 bits per heavy atom. The van der Waals surface area contributed by atoms with Gasteiger partial charge in [0.25, 0.3) is 17.5 Å². The summed E-state index contributed by atoms with van der Waals surface area (Å²) in [5.74, 6) is -0.394. The van der Waals surface area contributed by atoms with Crippen molar-refractivity contribution in [2.45, 2.75) is 20.8 Å². The lowest BCUT2D eigenvalue weighted by molar-refractivity contribution is -0.384. The Morgan fingerprint density at radius 3 is 2.35 bits per heavy atom. The molecule has 1 aliphatic heterocycles. The highest BCUT2D eigenvalue weighted by molar-refractivity contribution is 6.46. The van der Waals surface area contributed by atoms with Crippen LogP contribution in [0.4, 0.5) is 17.1 Å². The van der Waals surface area contributed by atoms with Crippen LogP contribution in [0.5, 0.6) is 5.75 Å². The van der Waals surface area contributed by atoms with Crippen LogP contribution in [-0.4, -0.2) is 23.3 Å². The van der Waals surface area contributed by atoms with Crippen molar-refractivity contribution in [1.82, 2.24) is 0 Å². The molecule has 8 heteroatoms. The molecule has 3 aromatic carbocycles. The fourth-order valence-corrected chi connectivity index (χ4v) is 3.91. The quantitative estimate of drug-likeness (QED) is 0.304. The maximum absolute atomic E-state index is 13.6. The van der Waals surface area contributed by atoms with Gasteiger partial charge in [-0.3, -0.25) is 19.7 Å². The van der Waals surface area contributed by atoms with Crippen molar-refractivity contribution in [1.29, 1.82) is 0 Å². The highest BCUT2D eigenvalue weighted by atomic mass is 16.6. The van der Waals surface area contributed by atoms with Gasteiger partial charge in [0.05, 0.1) is 22.8 Å². The summed E-state index contributed by atoms with van der Waals surface area (Å²) in [4.78, 5) is 38.9. The lowest BCUT2D eigenvalue weighted by Gasteiger charge is -2.18. The molecule has 0 atom stereocenters. The van der Waals surface area contributed by atoms with Gasteiger partial charge in [0.1, 0.15) is 11.4 Å². The van der Waals surface area contributed by atoms with Gasteiger partial charge < -0.3 is 10.1 Å². The van der Waals surface area contributed by atoms with Crippen molar-refractivity contribution in [3.05, 3.63) is 99.2 Å². The van der Waals surface area contributed by atoms with E-state index in [1.54, 1.807) is 30.3 Å². The highest BCUT2D eigenvalue weighted by Crippen LogP contribution is 2.36. The second-order valence-corrected chi connectivity index (χ2v) is 7.88. The number of rotatable bonds is 7. The van der Waals surface area contributed by atoms with E-state index in [9.17, 15) is 19.7 Å². The summed E-state index contributed by atoms with van der Waals surface area (Å²) in [7, 11) is 0. The number of hydrogen-bond acceptors (Lipinski definition) is 6. The van der Waals surface area contributed by atoms with Crippen molar-refractivity contribution in [2.75, 3.05) is 16.8 Å². The molecule has 0 unspecified atom stereocenters. The predicted octanol–water partition coefficient (Wildman–Crippen LogP) is 5.01. The van der Waals surface area contributed by atoms with Gasteiger partial charge in [0.2, 0.25) is 0 Å². The van der Waals surface area contributed by atoms with E-state index in [1.165, 1.54) is 24.3 Å². The minimum Gasteiger partial charge on any atom is -0.494 e. The number of amides is 2. The Balaban J connectivity index is 1.82. The molecule has 1 heterocycles. The van der Waals surface area contributed by atoms with Crippen LogP contribution < -0.4 is 15.0 Å². The highest BCUT2D eigenvalue weighted by Gasteiger charge is 2.41. The average molecular weight is 457 g/mol. The third-order valence-electron chi connectivity index (χ3n) is 5.46. The lowest BCUT2D eigenvalue weighted by Crippen LogP contribution is -2.33. The van der Waals surface area contributed by atoms with Gasteiger partial charge in [0.15, 0.2) is 0 Å². The number of imide groups is 1. The smallest absolute Gasteiger partial charge is 0.282 e. The summed E-state index contributed by atoms with van der Waals surface area (Å²) in [6, 6.07) is 18.1. The molecule has 0 aliphatic carbocycles. The molecule has 0 saturated heterocycles. The molecule has 0 aromatic heterocycles. The molecule has 0 spiro atoms. The molecule has 34 heavy (non-hydrogen) atoms. The van der Waals surface area contributed by atoms with E-state index in [2.05, 4.69) is 5.32 Å². The molecular weight excluding hydrogens is 434 g/mol. The first-order chi connectivity index (χ1) is 16.3. The molecule has 4 rings (SSSR count). The topological polar surface area (TPSA) is 102 Å². The number of nitro benzene ring substituents is 1. The van der Waals surface area contributed by atoms with E-state index < -0.39 is 16.7 Å². The van der Waals surface area contributed by atoms with Crippen LogP contribution in [0.15, 0.2) is 72.4 Å². The summed E-state index contributed by atoms with van der Waals surface area (Å²) in [6.45, 7) is 6.13. The number of nitro groups is 1. The van der Waals surface area contributed by atoms with Crippen LogP contribution in [0.1, 0.15) is 23.6 Å². The Labute approximate surface area is 196 Å². The molecule has 0 saturated carbocycles. The van der Waals surface area contributed by atoms with E-state index in [0.717, 1.165) is 16.0 Å². The molecule has 1 N–H and O–H groups in total. The normalized spacial score (nSPS) is 13.4. The first-order valence-corrected chi connectivity index (χ1v) is 10.7. The number of anilines is 2. The van der Waals surface area contributed by atoms with Gasteiger partial charge >= 0.3 is 0 Å². The zero-order valence-electron chi connectivity index (χ0n) is 19.0. The zero-order chi connectivity index (χ0) is 24.4. The number of hydrogen-bond donors (Lipinski definition) is 1. The van der Waals surface area contributed by atoms with E-state index >= 15 is 0 Å². The minimum atomic E-state index is -0.514. The summed E-state index contributed by atoms with van der Waals surface area (Å²) >= 11 is 0. The van der Waals surface area contributed by atoms with Crippen LogP contribution in [0.25, 0.3) is 5.57 Å². The number of carbonyl (C=O) groups is 2. The van der Waals surface area contributed by atoms with Crippen molar-refractivity contribution in [3.8, 4) is 5.75 Å². The van der Waals surface area contributed by atoms with E-state index in [1.807, 2.05) is 32.9 Å². The minimum absolute atomic E-state index is 0.0903. The van der Waals surface area contributed by atoms with Crippen LogP contribution in [-0.2, 0) is 9.59 Å².